The molecule has 0 heterocycles. The summed E-state index contributed by atoms with van der Waals surface area (Å²) in [5.74, 6) is 1.47. The third kappa shape index (κ3) is 6.15. The number of hydrogen-bond donors (Lipinski definition) is 0. The monoisotopic (exact) mass is 208 g/mol. The Balaban J connectivity index is 0. The van der Waals surface area contributed by atoms with Gasteiger partial charge in [-0.15, -0.1) is 0 Å². The molecule has 15 heavy (non-hydrogen) atoms. The van der Waals surface area contributed by atoms with Crippen LogP contribution < -0.4 is 10.2 Å². The Morgan fingerprint density at radius 2 is 1.80 bits per heavy atom. The molecular formula is C11H17BO3. The Morgan fingerprint density at radius 1 is 1.20 bits per heavy atom. The summed E-state index contributed by atoms with van der Waals surface area (Å²) in [6.07, 6.45) is 1.06. The molecule has 0 aliphatic carbocycles. The zero-order chi connectivity index (χ0) is 9.68. The standard InChI is InChI=1S/C11H15BO.2H2O/c1-9(2)7-8-13-11-6-4-3-5-10(11)12;;/h3-6,9H,7-8H2,1-2H3;2*1H2/q+2;;/p-2. The second-order valence-corrected chi connectivity index (χ2v) is 3.57. The molecule has 0 fully saturated rings. The first-order valence-electron chi connectivity index (χ1n) is 4.67. The van der Waals surface area contributed by atoms with Crippen molar-refractivity contribution in [1.82, 2.24) is 0 Å². The summed E-state index contributed by atoms with van der Waals surface area (Å²) in [5, 5.41) is 0. The molecule has 0 bridgehead atoms. The summed E-state index contributed by atoms with van der Waals surface area (Å²) < 4.78 is 5.52. The van der Waals surface area contributed by atoms with Gasteiger partial charge in [-0.05, 0) is 0 Å². The van der Waals surface area contributed by atoms with Crippen LogP contribution in [0.25, 0.3) is 0 Å². The van der Waals surface area contributed by atoms with Crippen molar-refractivity contribution >= 4 is 13.3 Å². The van der Waals surface area contributed by atoms with Crippen LogP contribution in [0.5, 0.6) is 5.75 Å². The van der Waals surface area contributed by atoms with E-state index in [1.54, 1.807) is 0 Å². The second kappa shape index (κ2) is 8.32. The molecule has 0 aromatic heterocycles. The van der Waals surface area contributed by atoms with Gasteiger partial charge in [0.25, 0.3) is 0 Å². The van der Waals surface area contributed by atoms with Crippen molar-refractivity contribution in [3.8, 4) is 5.75 Å². The summed E-state index contributed by atoms with van der Waals surface area (Å²) in [6, 6.07) is 7.59. The average Bonchev–Trinajstić information content (AvgIpc) is 2.08. The van der Waals surface area contributed by atoms with Gasteiger partial charge in [0, 0.05) is 0 Å². The number of rotatable bonds is 4. The summed E-state index contributed by atoms with van der Waals surface area (Å²) in [5.41, 5.74) is 0.714. The maximum Gasteiger partial charge on any atom is -0.870 e. The van der Waals surface area contributed by atoms with Crippen LogP contribution in [0.2, 0.25) is 0 Å². The normalized spacial score (nSPS) is 9.13. The van der Waals surface area contributed by atoms with E-state index >= 15 is 0 Å². The zero-order valence-corrected chi connectivity index (χ0v) is 9.18. The Kier molecular flexibility index (Phi) is 9.12. The van der Waals surface area contributed by atoms with E-state index in [0.29, 0.717) is 11.4 Å². The molecule has 0 saturated heterocycles. The minimum absolute atomic E-state index is 0. The molecule has 0 atom stereocenters. The topological polar surface area (TPSA) is 69.2 Å². The predicted octanol–water partition coefficient (Wildman–Crippen LogP) is 1.55. The first-order valence-corrected chi connectivity index (χ1v) is 4.67. The minimum atomic E-state index is 0. The molecule has 0 unspecified atom stereocenters. The van der Waals surface area contributed by atoms with Crippen LogP contribution in [-0.2, 0) is 0 Å². The molecule has 0 spiro atoms. The van der Waals surface area contributed by atoms with Crippen LogP contribution in [0, 0.1) is 5.92 Å². The van der Waals surface area contributed by atoms with Crippen molar-refractivity contribution in [2.75, 3.05) is 6.61 Å². The van der Waals surface area contributed by atoms with Gasteiger partial charge in [0.1, 0.15) is 0 Å². The van der Waals surface area contributed by atoms with E-state index in [4.69, 9.17) is 12.6 Å². The molecule has 1 rings (SSSR count). The number of benzene rings is 1. The second-order valence-electron chi connectivity index (χ2n) is 3.57. The summed E-state index contributed by atoms with van der Waals surface area (Å²) in [4.78, 5) is 0. The third-order valence-electron chi connectivity index (χ3n) is 1.87. The molecule has 1 aromatic carbocycles. The van der Waals surface area contributed by atoms with Crippen molar-refractivity contribution in [3.05, 3.63) is 24.3 Å². The predicted molar refractivity (Wildman–Crippen MR) is 60.7 cm³/mol. The van der Waals surface area contributed by atoms with Gasteiger partial charge < -0.3 is 11.0 Å². The quantitative estimate of drug-likeness (QED) is 0.704. The first kappa shape index (κ1) is 16.4. The van der Waals surface area contributed by atoms with Gasteiger partial charge in [0.15, 0.2) is 0 Å². The maximum atomic E-state index is 5.71. The van der Waals surface area contributed by atoms with Crippen molar-refractivity contribution < 1.29 is 15.7 Å². The van der Waals surface area contributed by atoms with Crippen LogP contribution in [0.15, 0.2) is 24.3 Å². The smallest absolute Gasteiger partial charge is 0.870 e. The van der Waals surface area contributed by atoms with Gasteiger partial charge >= 0.3 is 80.9 Å². The fraction of sp³-hybridized carbons (Fsp3) is 0.455. The Morgan fingerprint density at radius 3 is 2.33 bits per heavy atom. The number of hydrogen-bond acceptors (Lipinski definition) is 3. The molecule has 0 aliphatic rings. The van der Waals surface area contributed by atoms with Crippen LogP contribution in [0.1, 0.15) is 20.3 Å². The Hall–Kier alpha value is -0.995. The zero-order valence-electron chi connectivity index (χ0n) is 9.18. The van der Waals surface area contributed by atoms with Gasteiger partial charge in [-0.25, -0.2) is 0 Å². The van der Waals surface area contributed by atoms with Crippen molar-refractivity contribution in [2.45, 2.75) is 20.3 Å². The van der Waals surface area contributed by atoms with Crippen LogP contribution in [0.3, 0.4) is 0 Å². The SMILES string of the molecule is [B+2]c1ccccc1OCCC(C)C.[OH-].[OH-]. The summed E-state index contributed by atoms with van der Waals surface area (Å²) in [7, 11) is 5.71. The molecule has 0 radical (unpaired) electrons. The van der Waals surface area contributed by atoms with E-state index in [1.165, 1.54) is 0 Å². The van der Waals surface area contributed by atoms with Crippen LogP contribution >= 0.6 is 0 Å². The molecule has 1 aromatic rings. The minimum Gasteiger partial charge on any atom is -0.870 e. The number of para-hydroxylation sites is 1. The van der Waals surface area contributed by atoms with Crippen molar-refractivity contribution in [1.29, 1.82) is 0 Å². The van der Waals surface area contributed by atoms with Gasteiger partial charge in [0.2, 0.25) is 0 Å². The van der Waals surface area contributed by atoms with Crippen LogP contribution in [0.4, 0.5) is 0 Å². The molecule has 3 nitrogen and oxygen atoms in total. The molecular weight excluding hydrogens is 191 g/mol. The van der Waals surface area contributed by atoms with Gasteiger partial charge in [-0.1, -0.05) is 0 Å². The molecule has 0 saturated carbocycles. The Labute approximate surface area is 92.5 Å². The van der Waals surface area contributed by atoms with Crippen molar-refractivity contribution in [2.24, 2.45) is 5.92 Å². The fourth-order valence-corrected chi connectivity index (χ4v) is 1.02. The maximum absolute atomic E-state index is 5.71. The van der Waals surface area contributed by atoms with Gasteiger partial charge in [-0.3, -0.25) is 0 Å². The largest absolute Gasteiger partial charge is 0.870 e. The molecule has 4 heteroatoms. The van der Waals surface area contributed by atoms with Crippen molar-refractivity contribution in [3.63, 3.8) is 0 Å². The first-order chi connectivity index (χ1) is 6.20. The third-order valence-corrected chi connectivity index (χ3v) is 1.87. The van der Waals surface area contributed by atoms with E-state index in [2.05, 4.69) is 13.8 Å². The average molecular weight is 208 g/mol. The summed E-state index contributed by atoms with van der Waals surface area (Å²) >= 11 is 0. The van der Waals surface area contributed by atoms with Crippen LogP contribution in [-0.4, -0.2) is 25.4 Å². The number of ether oxygens (including phenoxy) is 1. The Bertz CT molecular complexity index is 264. The van der Waals surface area contributed by atoms with Gasteiger partial charge in [-0.2, -0.15) is 0 Å². The molecule has 0 amide bonds. The van der Waals surface area contributed by atoms with E-state index < -0.39 is 0 Å². The summed E-state index contributed by atoms with van der Waals surface area (Å²) in [6.45, 7) is 5.10. The fourth-order valence-electron chi connectivity index (χ4n) is 1.02. The molecule has 2 N–H and O–H groups in total. The molecule has 0 aliphatic heterocycles. The van der Waals surface area contributed by atoms with E-state index in [0.717, 1.165) is 18.8 Å². The van der Waals surface area contributed by atoms with E-state index in [1.807, 2.05) is 24.3 Å². The van der Waals surface area contributed by atoms with E-state index in [9.17, 15) is 0 Å². The van der Waals surface area contributed by atoms with E-state index in [-0.39, 0.29) is 11.0 Å². The molecule has 82 valence electrons. The van der Waals surface area contributed by atoms with Gasteiger partial charge in [0.05, 0.1) is 0 Å².